The topological polar surface area (TPSA) is 102 Å². The van der Waals surface area contributed by atoms with Gasteiger partial charge in [-0.15, -0.1) is 0 Å². The van der Waals surface area contributed by atoms with Gasteiger partial charge < -0.3 is 14.0 Å². The third-order valence-corrected chi connectivity index (χ3v) is 3.65. The number of nitrogens with zero attached hydrogens (tertiary/aromatic N) is 6. The Labute approximate surface area is 195 Å². The number of hydrogen-bond acceptors (Lipinski definition) is 9. The van der Waals surface area contributed by atoms with Gasteiger partial charge in [-0.3, -0.25) is 0 Å². The van der Waals surface area contributed by atoms with Gasteiger partial charge in [-0.25, -0.2) is 0 Å². The molecule has 0 aromatic carbocycles. The molecule has 0 amide bonds. The first kappa shape index (κ1) is 21.9. The fourth-order valence-electron chi connectivity index (χ4n) is 2.70. The summed E-state index contributed by atoms with van der Waals surface area (Å²) in [6, 6.07) is 0. The van der Waals surface area contributed by atoms with E-state index in [0.29, 0.717) is 0 Å². The van der Waals surface area contributed by atoms with Crippen molar-refractivity contribution in [3.63, 3.8) is 0 Å². The van der Waals surface area contributed by atoms with Crippen molar-refractivity contribution < 1.29 is 14.0 Å². The van der Waals surface area contributed by atoms with E-state index in [4.69, 9.17) is 14.0 Å². The molecule has 0 spiro atoms. The van der Waals surface area contributed by atoms with E-state index in [1.807, 2.05) is 20.8 Å². The van der Waals surface area contributed by atoms with E-state index in [0.717, 1.165) is 17.1 Å². The van der Waals surface area contributed by atoms with Crippen LogP contribution >= 0.6 is 0 Å². The zero-order valence-corrected chi connectivity index (χ0v) is 15.2. The van der Waals surface area contributed by atoms with Gasteiger partial charge in [0.2, 0.25) is 0 Å². The van der Waals surface area contributed by atoms with Crippen molar-refractivity contribution in [1.82, 2.24) is 0 Å². The predicted molar refractivity (Wildman–Crippen MR) is 97.2 cm³/mol. The fraction of sp³-hybridized carbons (Fsp3) is 0.600. The quantitative estimate of drug-likeness (QED) is 0.653. The summed E-state index contributed by atoms with van der Waals surface area (Å²) in [7, 11) is -1.12. The zero-order chi connectivity index (χ0) is 18.3. The molecule has 0 N–H and O–H groups in total. The summed E-state index contributed by atoms with van der Waals surface area (Å²) in [6.07, 6.45) is 5.35. The van der Waals surface area contributed by atoms with Crippen molar-refractivity contribution in [3.8, 4) is 0 Å². The van der Waals surface area contributed by atoms with Crippen LogP contribution < -0.4 is 0 Å². The Balaban J connectivity index is 0.00000243. The van der Waals surface area contributed by atoms with E-state index >= 15 is 0 Å². The summed E-state index contributed by atoms with van der Waals surface area (Å²) in [5.74, 6) is 0. The molecular formula is C15H22BKN6O3. The van der Waals surface area contributed by atoms with Crippen LogP contribution in [0.1, 0.15) is 41.5 Å². The van der Waals surface area contributed by atoms with E-state index in [1.54, 1.807) is 39.0 Å². The maximum absolute atomic E-state index is 5.95. The SMILES string of the molecule is CC1=CC(C)(OB(OC2(C)C=C(C)N=N2)OC2(C)C=C(C)N=N2)N=N1.[KH]. The normalized spacial score (nSPS) is 34.6. The van der Waals surface area contributed by atoms with Gasteiger partial charge in [0.1, 0.15) is 0 Å². The molecule has 0 bridgehead atoms. The molecule has 0 saturated carbocycles. The van der Waals surface area contributed by atoms with Crippen molar-refractivity contribution >= 4 is 58.7 Å². The third kappa shape index (κ3) is 5.32. The molecule has 26 heavy (non-hydrogen) atoms. The summed E-state index contributed by atoms with van der Waals surface area (Å²) in [6.45, 7) is 10.8. The molecule has 3 heterocycles. The Hall–Kier alpha value is -0.399. The minimum atomic E-state index is -1.12. The van der Waals surface area contributed by atoms with Crippen LogP contribution in [0, 0.1) is 0 Å². The molecule has 9 nitrogen and oxygen atoms in total. The zero-order valence-electron chi connectivity index (χ0n) is 15.2. The van der Waals surface area contributed by atoms with Gasteiger partial charge in [0, 0.05) is 0 Å². The molecule has 0 saturated heterocycles. The second-order valence-corrected chi connectivity index (χ2v) is 6.76. The third-order valence-electron chi connectivity index (χ3n) is 3.65. The molecule has 3 unspecified atom stereocenters. The molecule has 134 valence electrons. The van der Waals surface area contributed by atoms with Gasteiger partial charge in [-0.1, -0.05) is 0 Å². The Kier molecular flexibility index (Phi) is 6.67. The average molecular weight is 384 g/mol. The van der Waals surface area contributed by atoms with Crippen LogP contribution in [-0.2, 0) is 14.0 Å². The molecule has 0 aromatic heterocycles. The molecule has 0 fully saturated rings. The van der Waals surface area contributed by atoms with E-state index in [-0.39, 0.29) is 51.4 Å². The Morgan fingerprint density at radius 3 is 1.12 bits per heavy atom. The first-order valence-corrected chi connectivity index (χ1v) is 7.99. The van der Waals surface area contributed by atoms with Crippen LogP contribution in [0.5, 0.6) is 0 Å². The van der Waals surface area contributed by atoms with E-state index in [1.165, 1.54) is 0 Å². The Bertz CT molecular complexity index is 667. The van der Waals surface area contributed by atoms with Gasteiger partial charge in [0.25, 0.3) is 0 Å². The Morgan fingerprint density at radius 2 is 0.923 bits per heavy atom. The van der Waals surface area contributed by atoms with Gasteiger partial charge in [-0.2, -0.15) is 30.7 Å². The first-order valence-electron chi connectivity index (χ1n) is 7.99. The van der Waals surface area contributed by atoms with Crippen molar-refractivity contribution in [2.45, 2.75) is 58.7 Å². The van der Waals surface area contributed by atoms with E-state index in [9.17, 15) is 0 Å². The van der Waals surface area contributed by atoms with Crippen LogP contribution in [0.15, 0.2) is 66.0 Å². The van der Waals surface area contributed by atoms with Crippen molar-refractivity contribution in [3.05, 3.63) is 35.3 Å². The van der Waals surface area contributed by atoms with Gasteiger partial charge in [0.05, 0.1) is 17.1 Å². The second kappa shape index (κ2) is 7.92. The van der Waals surface area contributed by atoms with Gasteiger partial charge in [-0.05, 0) is 59.8 Å². The number of allylic oxidation sites excluding steroid dienone is 3. The van der Waals surface area contributed by atoms with Crippen LogP contribution in [0.25, 0.3) is 0 Å². The van der Waals surface area contributed by atoms with Crippen LogP contribution in [-0.4, -0.2) is 75.9 Å². The van der Waals surface area contributed by atoms with Crippen LogP contribution in [0.3, 0.4) is 0 Å². The summed E-state index contributed by atoms with van der Waals surface area (Å²) in [5.41, 5.74) is -0.719. The molecule has 11 heteroatoms. The minimum absolute atomic E-state index is 0. The summed E-state index contributed by atoms with van der Waals surface area (Å²) in [5, 5.41) is 24.4. The summed E-state index contributed by atoms with van der Waals surface area (Å²) >= 11 is 0. The van der Waals surface area contributed by atoms with Crippen LogP contribution in [0.4, 0.5) is 0 Å². The van der Waals surface area contributed by atoms with Gasteiger partial charge in [0.15, 0.2) is 17.2 Å². The van der Waals surface area contributed by atoms with Crippen molar-refractivity contribution in [2.24, 2.45) is 30.7 Å². The van der Waals surface area contributed by atoms with Crippen molar-refractivity contribution in [1.29, 1.82) is 0 Å². The molecular weight excluding hydrogens is 362 g/mol. The molecule has 0 radical (unpaired) electrons. The number of azo groups is 3. The van der Waals surface area contributed by atoms with Crippen molar-refractivity contribution in [2.75, 3.05) is 0 Å². The molecule has 3 rings (SSSR count). The standard InChI is InChI=1S/C15H21BN6O3.K.H/c1-10-7-13(4,20-17-10)23-16(24-14(5)8-11(2)18-21-14)25-15(6)9-12(3)19-22-15;;/h7-9H,1-6H3;;. The number of hydrogen-bond donors (Lipinski definition) is 0. The Morgan fingerprint density at radius 1 is 0.654 bits per heavy atom. The van der Waals surface area contributed by atoms with Crippen LogP contribution in [0.2, 0.25) is 0 Å². The summed E-state index contributed by atoms with van der Waals surface area (Å²) in [4.78, 5) is 0. The van der Waals surface area contributed by atoms with E-state index in [2.05, 4.69) is 30.7 Å². The first-order chi connectivity index (χ1) is 11.6. The molecule has 3 atom stereocenters. The van der Waals surface area contributed by atoms with E-state index < -0.39 is 24.5 Å². The van der Waals surface area contributed by atoms with Gasteiger partial charge >= 0.3 is 58.7 Å². The predicted octanol–water partition coefficient (Wildman–Crippen LogP) is 3.63. The molecule has 0 aliphatic carbocycles. The number of rotatable bonds is 6. The fourth-order valence-corrected chi connectivity index (χ4v) is 2.70. The monoisotopic (exact) mass is 384 g/mol. The molecule has 3 aliphatic rings. The average Bonchev–Trinajstić information content (AvgIpc) is 3.09. The summed E-state index contributed by atoms with van der Waals surface area (Å²) < 4.78 is 17.9. The second-order valence-electron chi connectivity index (χ2n) is 6.76. The molecule has 3 aliphatic heterocycles. The maximum atomic E-state index is 5.95. The molecule has 0 aromatic rings.